The molecule has 0 radical (unpaired) electrons. The summed E-state index contributed by atoms with van der Waals surface area (Å²) in [6, 6.07) is 13.9. The van der Waals surface area contributed by atoms with Crippen LogP contribution < -0.4 is 0 Å². The molecule has 8 bridgehead atoms. The zero-order chi connectivity index (χ0) is 17.5. The lowest BCUT2D eigenvalue weighted by molar-refractivity contribution is 1.28. The molecule has 0 saturated carbocycles. The van der Waals surface area contributed by atoms with Crippen molar-refractivity contribution in [3.63, 3.8) is 0 Å². The Morgan fingerprint density at radius 2 is 1.35 bits per heavy atom. The lowest BCUT2D eigenvalue weighted by Gasteiger charge is -1.90. The molecule has 5 nitrogen and oxygen atoms in total. The van der Waals surface area contributed by atoms with Gasteiger partial charge in [0.25, 0.3) is 0 Å². The molecule has 0 spiro atoms. The van der Waals surface area contributed by atoms with Gasteiger partial charge in [0.15, 0.2) is 0 Å². The zero-order valence-corrected chi connectivity index (χ0v) is 13.7. The molecule has 5 heterocycles. The Kier molecular flexibility index (Phi) is 3.09. The molecule has 122 valence electrons. The van der Waals surface area contributed by atoms with Crippen LogP contribution in [0.25, 0.3) is 51.2 Å². The normalized spacial score (nSPS) is 12.3. The van der Waals surface area contributed by atoms with E-state index in [1.54, 1.807) is 0 Å². The summed E-state index contributed by atoms with van der Waals surface area (Å²) in [7, 11) is 0. The van der Waals surface area contributed by atoms with E-state index in [2.05, 4.69) is 24.8 Å². The first-order valence-corrected chi connectivity index (χ1v) is 8.22. The highest BCUT2D eigenvalue weighted by molar-refractivity contribution is 5.87. The van der Waals surface area contributed by atoms with Crippen LogP contribution in [0.5, 0.6) is 0 Å². The van der Waals surface area contributed by atoms with Crippen molar-refractivity contribution in [1.29, 1.82) is 0 Å². The predicted octanol–water partition coefficient (Wildman–Crippen LogP) is 5.21. The number of aromatic amines is 2. The Balaban J connectivity index is 1.90. The lowest BCUT2D eigenvalue weighted by atomic mass is 10.3. The van der Waals surface area contributed by atoms with Gasteiger partial charge < -0.3 is 9.97 Å². The van der Waals surface area contributed by atoms with Crippen LogP contribution in [-0.4, -0.2) is 19.9 Å². The number of hydrogen-bond acceptors (Lipinski definition) is 2. The SMILES string of the molecule is [C-]#[N+]c1c2nc(cc3nc(cc4ccc(cc5ccc1[nH]5)[nH]4)C=C3)C=C2. The van der Waals surface area contributed by atoms with Gasteiger partial charge in [-0.15, -0.1) is 0 Å². The second-order valence-electron chi connectivity index (χ2n) is 6.14. The zero-order valence-electron chi connectivity index (χ0n) is 13.7. The van der Waals surface area contributed by atoms with Gasteiger partial charge in [-0.3, -0.25) is 4.98 Å². The summed E-state index contributed by atoms with van der Waals surface area (Å²) < 4.78 is 0. The first-order chi connectivity index (χ1) is 12.8. The van der Waals surface area contributed by atoms with Crippen molar-refractivity contribution < 1.29 is 0 Å². The van der Waals surface area contributed by atoms with Crippen LogP contribution in [0.4, 0.5) is 5.69 Å². The number of nitrogens with zero attached hydrogens (tertiary/aromatic N) is 3. The van der Waals surface area contributed by atoms with Gasteiger partial charge in [0.1, 0.15) is 0 Å². The quantitative estimate of drug-likeness (QED) is 0.382. The Hall–Kier alpha value is -3.91. The molecule has 0 saturated heterocycles. The number of rotatable bonds is 0. The van der Waals surface area contributed by atoms with Crippen molar-refractivity contribution in [2.24, 2.45) is 0 Å². The first-order valence-electron chi connectivity index (χ1n) is 8.22. The van der Waals surface area contributed by atoms with Crippen LogP contribution >= 0.6 is 0 Å². The third-order valence-corrected chi connectivity index (χ3v) is 4.30. The third kappa shape index (κ3) is 2.50. The summed E-state index contributed by atoms with van der Waals surface area (Å²) in [5, 5.41) is 0. The van der Waals surface area contributed by atoms with Crippen LogP contribution in [-0.2, 0) is 0 Å². The van der Waals surface area contributed by atoms with Gasteiger partial charge >= 0.3 is 0 Å². The molecular weight excluding hydrogens is 322 g/mol. The van der Waals surface area contributed by atoms with Gasteiger partial charge in [-0.2, -0.15) is 0 Å². The minimum atomic E-state index is 0.507. The Morgan fingerprint density at radius 3 is 2.19 bits per heavy atom. The molecule has 0 aromatic carbocycles. The van der Waals surface area contributed by atoms with Crippen molar-refractivity contribution in [3.05, 3.63) is 76.7 Å². The molecule has 2 N–H and O–H groups in total. The van der Waals surface area contributed by atoms with E-state index in [9.17, 15) is 0 Å². The summed E-state index contributed by atoms with van der Waals surface area (Å²) in [5.41, 5.74) is 7.34. The summed E-state index contributed by atoms with van der Waals surface area (Å²) in [4.78, 5) is 19.5. The van der Waals surface area contributed by atoms with Gasteiger partial charge in [-0.25, -0.2) is 9.83 Å². The molecule has 3 aromatic heterocycles. The Labute approximate surface area is 149 Å². The minimum Gasteiger partial charge on any atom is -0.365 e. The first kappa shape index (κ1) is 14.4. The fourth-order valence-corrected chi connectivity index (χ4v) is 3.11. The molecule has 0 aliphatic carbocycles. The summed E-state index contributed by atoms with van der Waals surface area (Å²) in [6.45, 7) is 7.57. The topological polar surface area (TPSA) is 61.7 Å². The molecule has 2 aliphatic heterocycles. The van der Waals surface area contributed by atoms with Crippen LogP contribution in [0, 0.1) is 6.57 Å². The van der Waals surface area contributed by atoms with Crippen molar-refractivity contribution >= 4 is 52.1 Å². The maximum atomic E-state index is 7.57. The number of hydrogen-bond donors (Lipinski definition) is 2. The Bertz CT molecular complexity index is 1300. The van der Waals surface area contributed by atoms with E-state index in [0.29, 0.717) is 11.4 Å². The fraction of sp³-hybridized carbons (Fsp3) is 0. The van der Waals surface area contributed by atoms with Gasteiger partial charge in [0.05, 0.1) is 29.3 Å². The second-order valence-corrected chi connectivity index (χ2v) is 6.14. The molecule has 0 amide bonds. The highest BCUT2D eigenvalue weighted by atomic mass is 14.8. The molecule has 3 aromatic rings. The van der Waals surface area contributed by atoms with Crippen LogP contribution in [0.2, 0.25) is 0 Å². The minimum absolute atomic E-state index is 0.507. The molecular formula is C21H13N5. The summed E-state index contributed by atoms with van der Waals surface area (Å²) >= 11 is 0. The van der Waals surface area contributed by atoms with Crippen molar-refractivity contribution in [2.45, 2.75) is 0 Å². The van der Waals surface area contributed by atoms with Crippen LogP contribution in [0.1, 0.15) is 22.8 Å². The number of aromatic nitrogens is 4. The van der Waals surface area contributed by atoms with Gasteiger partial charge in [-0.1, -0.05) is 0 Å². The maximum absolute atomic E-state index is 7.57. The van der Waals surface area contributed by atoms with Crippen molar-refractivity contribution in [2.75, 3.05) is 0 Å². The smallest absolute Gasteiger partial charge is 0.234 e. The highest BCUT2D eigenvalue weighted by Crippen LogP contribution is 2.27. The van der Waals surface area contributed by atoms with E-state index in [1.807, 2.05) is 66.8 Å². The van der Waals surface area contributed by atoms with Gasteiger partial charge in [0.2, 0.25) is 5.69 Å². The van der Waals surface area contributed by atoms with E-state index in [4.69, 9.17) is 6.57 Å². The summed E-state index contributed by atoms with van der Waals surface area (Å²) in [5.74, 6) is 0. The van der Waals surface area contributed by atoms with E-state index in [0.717, 1.165) is 39.1 Å². The average molecular weight is 335 g/mol. The number of H-pyrrole nitrogens is 2. The monoisotopic (exact) mass is 335 g/mol. The highest BCUT2D eigenvalue weighted by Gasteiger charge is 2.08. The Morgan fingerprint density at radius 1 is 0.692 bits per heavy atom. The molecule has 0 atom stereocenters. The number of fused-ring (bicyclic) bond motifs is 8. The summed E-state index contributed by atoms with van der Waals surface area (Å²) in [6.07, 6.45) is 7.72. The average Bonchev–Trinajstić information content (AvgIpc) is 3.39. The molecule has 2 aliphatic rings. The molecule has 5 rings (SSSR count). The predicted molar refractivity (Wildman–Crippen MR) is 105 cm³/mol. The van der Waals surface area contributed by atoms with Crippen molar-refractivity contribution in [3.8, 4) is 0 Å². The second kappa shape index (κ2) is 5.57. The number of nitrogens with one attached hydrogen (secondary N) is 2. The van der Waals surface area contributed by atoms with E-state index >= 15 is 0 Å². The molecule has 26 heavy (non-hydrogen) atoms. The van der Waals surface area contributed by atoms with Gasteiger partial charge in [-0.05, 0) is 66.8 Å². The van der Waals surface area contributed by atoms with Crippen LogP contribution in [0.3, 0.4) is 0 Å². The van der Waals surface area contributed by atoms with E-state index < -0.39 is 0 Å². The molecule has 0 unspecified atom stereocenters. The van der Waals surface area contributed by atoms with Gasteiger partial charge in [0, 0.05) is 22.1 Å². The standard InChI is InChI=1S/C21H13N5/c1-22-21-19-8-6-17(25-19)11-15-4-2-13(23-15)10-14-3-5-16(24-14)12-18-7-9-20(21)26-18/h2-12,23,25H. The fourth-order valence-electron chi connectivity index (χ4n) is 3.11. The molecule has 0 fully saturated rings. The van der Waals surface area contributed by atoms with Crippen molar-refractivity contribution in [1.82, 2.24) is 19.9 Å². The largest absolute Gasteiger partial charge is 0.365 e. The maximum Gasteiger partial charge on any atom is 0.234 e. The molecule has 5 heteroatoms. The lowest BCUT2D eigenvalue weighted by Crippen LogP contribution is -1.78. The van der Waals surface area contributed by atoms with E-state index in [1.165, 1.54) is 0 Å². The third-order valence-electron chi connectivity index (χ3n) is 4.30. The van der Waals surface area contributed by atoms with E-state index in [-0.39, 0.29) is 0 Å². The van der Waals surface area contributed by atoms with Crippen LogP contribution in [0.15, 0.2) is 42.5 Å².